The van der Waals surface area contributed by atoms with Gasteiger partial charge in [0.05, 0.1) is 6.54 Å². The van der Waals surface area contributed by atoms with Crippen molar-refractivity contribution < 1.29 is 13.2 Å². The summed E-state index contributed by atoms with van der Waals surface area (Å²) < 4.78 is 27.8. The Labute approximate surface area is 117 Å². The molecule has 1 amide bonds. The normalized spacial score (nSPS) is 16.9. The lowest BCUT2D eigenvalue weighted by molar-refractivity contribution is -0.118. The summed E-state index contributed by atoms with van der Waals surface area (Å²) in [6.07, 6.45) is 4.68. The second-order valence-electron chi connectivity index (χ2n) is 5.01. The van der Waals surface area contributed by atoms with Crippen molar-refractivity contribution in [3.05, 3.63) is 6.20 Å². The molecule has 1 fully saturated rings. The fraction of sp³-hybridized carbons (Fsp3) is 0.636. The molecular weight excluding hydrogens is 282 g/mol. The van der Waals surface area contributed by atoms with E-state index in [4.69, 9.17) is 11.5 Å². The van der Waals surface area contributed by atoms with Gasteiger partial charge in [0.1, 0.15) is 4.90 Å². The largest absolute Gasteiger partial charge is 0.381 e. The Hall–Kier alpha value is -1.61. The predicted octanol–water partition coefficient (Wildman–Crippen LogP) is -0.579. The van der Waals surface area contributed by atoms with E-state index in [1.54, 1.807) is 7.05 Å². The third-order valence-corrected chi connectivity index (χ3v) is 5.37. The number of primary amides is 1. The van der Waals surface area contributed by atoms with E-state index >= 15 is 0 Å². The van der Waals surface area contributed by atoms with E-state index in [0.717, 1.165) is 30.0 Å². The number of aromatic nitrogens is 2. The molecule has 4 N–H and O–H groups in total. The van der Waals surface area contributed by atoms with Gasteiger partial charge in [-0.15, -0.1) is 0 Å². The smallest absolute Gasteiger partial charge is 0.249 e. The summed E-state index contributed by atoms with van der Waals surface area (Å²) >= 11 is 0. The monoisotopic (exact) mass is 301 g/mol. The molecule has 1 aliphatic carbocycles. The summed E-state index contributed by atoms with van der Waals surface area (Å²) in [5.74, 6) is -0.747. The highest BCUT2D eigenvalue weighted by molar-refractivity contribution is 7.89. The highest BCUT2D eigenvalue weighted by Gasteiger charge is 2.36. The molecule has 1 saturated carbocycles. The standard InChI is InChI=1S/C11H19N5O3S/c1-15-6-9(11(13)14-15)20(18,19)16(7-10(12)17)8-4-2-3-5-8/h6,8H,2-5,7H2,1H3,(H2,12,17)(H2,13,14). The number of nitrogen functional groups attached to an aromatic ring is 1. The number of carbonyl (C=O) groups excluding carboxylic acids is 1. The molecular formula is C11H19N5O3S. The highest BCUT2D eigenvalue weighted by atomic mass is 32.2. The van der Waals surface area contributed by atoms with E-state index in [9.17, 15) is 13.2 Å². The van der Waals surface area contributed by atoms with Crippen LogP contribution in [0.4, 0.5) is 5.82 Å². The molecule has 0 aliphatic heterocycles. The summed E-state index contributed by atoms with van der Waals surface area (Å²) in [5, 5.41) is 3.84. The molecule has 0 saturated heterocycles. The molecule has 2 rings (SSSR count). The first-order valence-corrected chi connectivity index (χ1v) is 7.85. The second-order valence-corrected chi connectivity index (χ2v) is 6.87. The van der Waals surface area contributed by atoms with Crippen LogP contribution in [-0.4, -0.2) is 41.0 Å². The molecule has 112 valence electrons. The van der Waals surface area contributed by atoms with Gasteiger partial charge in [0.25, 0.3) is 0 Å². The number of carbonyl (C=O) groups is 1. The maximum absolute atomic E-state index is 12.7. The quantitative estimate of drug-likeness (QED) is 0.753. The van der Waals surface area contributed by atoms with Crippen molar-refractivity contribution >= 4 is 21.7 Å². The van der Waals surface area contributed by atoms with Crippen molar-refractivity contribution in [2.24, 2.45) is 12.8 Å². The maximum Gasteiger partial charge on any atom is 0.249 e. The third-order valence-electron chi connectivity index (χ3n) is 3.45. The molecule has 1 aromatic rings. The van der Waals surface area contributed by atoms with Gasteiger partial charge in [0.2, 0.25) is 15.9 Å². The lowest BCUT2D eigenvalue weighted by Gasteiger charge is -2.26. The van der Waals surface area contributed by atoms with Crippen LogP contribution in [-0.2, 0) is 21.9 Å². The minimum absolute atomic E-state index is 0.0695. The van der Waals surface area contributed by atoms with E-state index < -0.39 is 15.9 Å². The van der Waals surface area contributed by atoms with Gasteiger partial charge in [-0.25, -0.2) is 8.42 Å². The molecule has 9 heteroatoms. The van der Waals surface area contributed by atoms with Crippen molar-refractivity contribution in [1.82, 2.24) is 14.1 Å². The fourth-order valence-electron chi connectivity index (χ4n) is 2.57. The zero-order valence-electron chi connectivity index (χ0n) is 11.3. The molecule has 0 spiro atoms. The van der Waals surface area contributed by atoms with E-state index in [1.807, 2.05) is 0 Å². The Kier molecular flexibility index (Phi) is 4.00. The third kappa shape index (κ3) is 2.78. The Balaban J connectivity index is 2.40. The van der Waals surface area contributed by atoms with Crippen molar-refractivity contribution in [2.75, 3.05) is 12.3 Å². The molecule has 0 atom stereocenters. The summed E-state index contributed by atoms with van der Waals surface area (Å²) in [6, 6.07) is -0.202. The van der Waals surface area contributed by atoms with Crippen molar-refractivity contribution in [3.8, 4) is 0 Å². The van der Waals surface area contributed by atoms with Gasteiger partial charge in [-0.1, -0.05) is 12.8 Å². The van der Waals surface area contributed by atoms with Gasteiger partial charge in [-0.05, 0) is 12.8 Å². The zero-order valence-corrected chi connectivity index (χ0v) is 12.1. The number of rotatable bonds is 5. The molecule has 8 nitrogen and oxygen atoms in total. The van der Waals surface area contributed by atoms with Crippen LogP contribution in [0.5, 0.6) is 0 Å². The first-order chi connectivity index (χ1) is 9.32. The highest BCUT2D eigenvalue weighted by Crippen LogP contribution is 2.29. The Morgan fingerprint density at radius 2 is 2.10 bits per heavy atom. The van der Waals surface area contributed by atoms with Crippen molar-refractivity contribution in [1.29, 1.82) is 0 Å². The number of anilines is 1. The van der Waals surface area contributed by atoms with Gasteiger partial charge in [-0.2, -0.15) is 9.40 Å². The lowest BCUT2D eigenvalue weighted by Crippen LogP contribution is -2.44. The number of hydrogen-bond acceptors (Lipinski definition) is 5. The summed E-state index contributed by atoms with van der Waals surface area (Å²) in [7, 11) is -2.28. The number of hydrogen-bond donors (Lipinski definition) is 2. The summed E-state index contributed by atoms with van der Waals surface area (Å²) in [4.78, 5) is 11.1. The average Bonchev–Trinajstić information content (AvgIpc) is 2.95. The van der Waals surface area contributed by atoms with Crippen LogP contribution in [0, 0.1) is 0 Å². The van der Waals surface area contributed by atoms with E-state index in [-0.39, 0.29) is 23.3 Å². The van der Waals surface area contributed by atoms with Crippen molar-refractivity contribution in [2.45, 2.75) is 36.6 Å². The Morgan fingerprint density at radius 1 is 1.50 bits per heavy atom. The summed E-state index contributed by atoms with van der Waals surface area (Å²) in [5.41, 5.74) is 10.8. The Bertz CT molecular complexity index is 604. The average molecular weight is 301 g/mol. The van der Waals surface area contributed by atoms with Crippen LogP contribution in [0.3, 0.4) is 0 Å². The molecule has 0 radical (unpaired) electrons. The fourth-order valence-corrected chi connectivity index (χ4v) is 4.31. The van der Waals surface area contributed by atoms with Gasteiger partial charge in [0.15, 0.2) is 5.82 Å². The SMILES string of the molecule is Cn1cc(S(=O)(=O)N(CC(N)=O)C2CCCC2)c(N)n1. The maximum atomic E-state index is 12.7. The van der Waals surface area contributed by atoms with Gasteiger partial charge in [0, 0.05) is 19.3 Å². The number of aryl methyl sites for hydroxylation is 1. The number of amides is 1. The van der Waals surface area contributed by atoms with Crippen LogP contribution < -0.4 is 11.5 Å². The number of nitrogens with two attached hydrogens (primary N) is 2. The molecule has 0 unspecified atom stereocenters. The van der Waals surface area contributed by atoms with Crippen LogP contribution >= 0.6 is 0 Å². The molecule has 1 heterocycles. The van der Waals surface area contributed by atoms with Crippen molar-refractivity contribution in [3.63, 3.8) is 0 Å². The minimum Gasteiger partial charge on any atom is -0.381 e. The van der Waals surface area contributed by atoms with Gasteiger partial charge in [-0.3, -0.25) is 9.48 Å². The predicted molar refractivity (Wildman–Crippen MR) is 73.0 cm³/mol. The molecule has 0 bridgehead atoms. The second kappa shape index (κ2) is 5.41. The summed E-state index contributed by atoms with van der Waals surface area (Å²) in [6.45, 7) is -0.332. The topological polar surface area (TPSA) is 124 Å². The van der Waals surface area contributed by atoms with Crippen LogP contribution in [0.15, 0.2) is 11.1 Å². The van der Waals surface area contributed by atoms with Crippen LogP contribution in [0.2, 0.25) is 0 Å². The number of sulfonamides is 1. The van der Waals surface area contributed by atoms with Crippen LogP contribution in [0.25, 0.3) is 0 Å². The zero-order chi connectivity index (χ0) is 14.9. The van der Waals surface area contributed by atoms with Gasteiger partial charge < -0.3 is 11.5 Å². The first kappa shape index (κ1) is 14.8. The van der Waals surface area contributed by atoms with Gasteiger partial charge >= 0.3 is 0 Å². The number of nitrogens with zero attached hydrogens (tertiary/aromatic N) is 3. The Morgan fingerprint density at radius 3 is 2.55 bits per heavy atom. The minimum atomic E-state index is -3.87. The van der Waals surface area contributed by atoms with E-state index in [0.29, 0.717) is 0 Å². The molecule has 20 heavy (non-hydrogen) atoms. The van der Waals surface area contributed by atoms with E-state index in [2.05, 4.69) is 5.10 Å². The van der Waals surface area contributed by atoms with Crippen LogP contribution in [0.1, 0.15) is 25.7 Å². The molecule has 1 aromatic heterocycles. The molecule has 0 aromatic carbocycles. The van der Waals surface area contributed by atoms with E-state index in [1.165, 1.54) is 10.9 Å². The molecule has 1 aliphatic rings. The lowest BCUT2D eigenvalue weighted by atomic mass is 10.2. The first-order valence-electron chi connectivity index (χ1n) is 6.41.